The second kappa shape index (κ2) is 5.15. The second-order valence-corrected chi connectivity index (χ2v) is 11.5. The van der Waals surface area contributed by atoms with Crippen LogP contribution in [-0.2, 0) is 0 Å². The maximum absolute atomic E-state index is 3.48. The highest BCUT2D eigenvalue weighted by Crippen LogP contribution is 2.27. The Balaban J connectivity index is 3.49. The van der Waals surface area contributed by atoms with Crippen LogP contribution in [0.2, 0.25) is 19.6 Å². The van der Waals surface area contributed by atoms with Gasteiger partial charge in [0, 0.05) is 9.13 Å². The first-order valence-electron chi connectivity index (χ1n) is 5.94. The lowest BCUT2D eigenvalue weighted by Gasteiger charge is -2.14. The SMILES string of the molecule is Cc1c(C)c(C#C[Si](C)(C)C)c(C)c(C)c1I. The van der Waals surface area contributed by atoms with Crippen LogP contribution in [0.5, 0.6) is 0 Å². The van der Waals surface area contributed by atoms with Gasteiger partial charge in [0.25, 0.3) is 0 Å². The van der Waals surface area contributed by atoms with E-state index in [2.05, 4.69) is 81.4 Å². The van der Waals surface area contributed by atoms with E-state index in [1.165, 1.54) is 31.4 Å². The molecule has 0 radical (unpaired) electrons. The average Bonchev–Trinajstić information content (AvgIpc) is 2.22. The molecule has 0 nitrogen and oxygen atoms in total. The molecule has 2 heteroatoms. The van der Waals surface area contributed by atoms with Gasteiger partial charge in [-0.2, -0.15) is 0 Å². The molecular weight excluding hydrogens is 335 g/mol. The predicted octanol–water partition coefficient (Wildman–Crippen LogP) is 4.75. The molecule has 0 aliphatic rings. The molecule has 0 saturated heterocycles. The average molecular weight is 356 g/mol. The van der Waals surface area contributed by atoms with Crippen molar-refractivity contribution < 1.29 is 0 Å². The number of hydrogen-bond donors (Lipinski definition) is 0. The Morgan fingerprint density at radius 1 is 0.824 bits per heavy atom. The zero-order chi connectivity index (χ0) is 13.4. The third-order valence-corrected chi connectivity index (χ3v) is 5.59. The summed E-state index contributed by atoms with van der Waals surface area (Å²) in [6.45, 7) is 15.6. The van der Waals surface area contributed by atoms with Gasteiger partial charge < -0.3 is 0 Å². The van der Waals surface area contributed by atoms with Crippen molar-refractivity contribution in [1.29, 1.82) is 0 Å². The van der Waals surface area contributed by atoms with Crippen molar-refractivity contribution in [2.24, 2.45) is 0 Å². The van der Waals surface area contributed by atoms with E-state index >= 15 is 0 Å². The van der Waals surface area contributed by atoms with E-state index in [0.717, 1.165) is 0 Å². The zero-order valence-electron chi connectivity index (χ0n) is 11.9. The Hall–Kier alpha value is -0.273. The maximum Gasteiger partial charge on any atom is 0.129 e. The van der Waals surface area contributed by atoms with Crippen molar-refractivity contribution >= 4 is 30.7 Å². The summed E-state index contributed by atoms with van der Waals surface area (Å²) >= 11 is 2.44. The van der Waals surface area contributed by atoms with Crippen LogP contribution in [0.15, 0.2) is 0 Å². The van der Waals surface area contributed by atoms with Crippen molar-refractivity contribution in [3.63, 3.8) is 0 Å². The fraction of sp³-hybridized carbons (Fsp3) is 0.467. The molecule has 92 valence electrons. The van der Waals surface area contributed by atoms with Gasteiger partial charge in [-0.05, 0) is 72.5 Å². The topological polar surface area (TPSA) is 0 Å². The first kappa shape index (κ1) is 14.8. The Labute approximate surface area is 120 Å². The monoisotopic (exact) mass is 356 g/mol. The summed E-state index contributed by atoms with van der Waals surface area (Å²) < 4.78 is 1.39. The summed E-state index contributed by atoms with van der Waals surface area (Å²) in [6, 6.07) is 0. The molecule has 1 rings (SSSR count). The normalized spacial score (nSPS) is 11.1. The zero-order valence-corrected chi connectivity index (χ0v) is 15.0. The molecule has 0 amide bonds. The largest absolute Gasteiger partial charge is 0.129 e. The van der Waals surface area contributed by atoms with Crippen molar-refractivity contribution in [3.8, 4) is 11.5 Å². The van der Waals surface area contributed by atoms with E-state index in [4.69, 9.17) is 0 Å². The molecular formula is C15H21ISi. The molecule has 0 spiro atoms. The van der Waals surface area contributed by atoms with Crippen molar-refractivity contribution in [2.45, 2.75) is 47.3 Å². The van der Waals surface area contributed by atoms with E-state index in [-0.39, 0.29) is 0 Å². The van der Waals surface area contributed by atoms with Gasteiger partial charge in [0.05, 0.1) is 0 Å². The van der Waals surface area contributed by atoms with Crippen LogP contribution < -0.4 is 0 Å². The van der Waals surface area contributed by atoms with Gasteiger partial charge in [-0.1, -0.05) is 25.6 Å². The van der Waals surface area contributed by atoms with Crippen molar-refractivity contribution in [1.82, 2.24) is 0 Å². The summed E-state index contributed by atoms with van der Waals surface area (Å²) in [5, 5.41) is 0. The Morgan fingerprint density at radius 2 is 1.24 bits per heavy atom. The molecule has 0 saturated carbocycles. The van der Waals surface area contributed by atoms with E-state index < -0.39 is 8.07 Å². The summed E-state index contributed by atoms with van der Waals surface area (Å²) in [5.74, 6) is 3.44. The van der Waals surface area contributed by atoms with Crippen LogP contribution in [0.4, 0.5) is 0 Å². The molecule has 0 heterocycles. The summed E-state index contributed by atoms with van der Waals surface area (Å²) in [5.41, 5.74) is 10.2. The van der Waals surface area contributed by atoms with Gasteiger partial charge in [-0.15, -0.1) is 5.54 Å². The van der Waals surface area contributed by atoms with Gasteiger partial charge in [0.1, 0.15) is 8.07 Å². The minimum absolute atomic E-state index is 1.25. The van der Waals surface area contributed by atoms with Gasteiger partial charge in [-0.25, -0.2) is 0 Å². The first-order chi connectivity index (χ1) is 7.65. The van der Waals surface area contributed by atoms with Crippen LogP contribution in [0, 0.1) is 42.7 Å². The summed E-state index contributed by atoms with van der Waals surface area (Å²) in [6.07, 6.45) is 0. The number of halogens is 1. The molecule has 0 fully saturated rings. The minimum atomic E-state index is -1.30. The first-order valence-corrected chi connectivity index (χ1v) is 10.5. The van der Waals surface area contributed by atoms with Crippen LogP contribution in [0.1, 0.15) is 27.8 Å². The molecule has 17 heavy (non-hydrogen) atoms. The van der Waals surface area contributed by atoms with E-state index in [1.54, 1.807) is 0 Å². The highest BCUT2D eigenvalue weighted by atomic mass is 127. The second-order valence-electron chi connectivity index (χ2n) is 5.69. The Morgan fingerprint density at radius 3 is 1.59 bits per heavy atom. The fourth-order valence-electron chi connectivity index (χ4n) is 1.70. The molecule has 0 aromatic heterocycles. The van der Waals surface area contributed by atoms with Crippen LogP contribution >= 0.6 is 22.6 Å². The fourth-order valence-corrected chi connectivity index (χ4v) is 3.01. The van der Waals surface area contributed by atoms with E-state index in [1.807, 2.05) is 0 Å². The standard InChI is InChI=1S/C15H21ISi/c1-10-12(3)15(16)13(4)11(2)14(10)8-9-17(5,6)7/h1-7H3. The molecule has 0 bridgehead atoms. The van der Waals surface area contributed by atoms with Crippen LogP contribution in [0.3, 0.4) is 0 Å². The highest BCUT2D eigenvalue weighted by Gasteiger charge is 2.13. The third-order valence-electron chi connectivity index (χ3n) is 3.10. The minimum Gasteiger partial charge on any atom is -0.127 e. The third kappa shape index (κ3) is 3.35. The molecule has 0 N–H and O–H groups in total. The van der Waals surface area contributed by atoms with Crippen molar-refractivity contribution in [3.05, 3.63) is 31.4 Å². The van der Waals surface area contributed by atoms with Gasteiger partial charge in [0.2, 0.25) is 0 Å². The van der Waals surface area contributed by atoms with Crippen molar-refractivity contribution in [2.75, 3.05) is 0 Å². The Bertz CT molecular complexity index is 481. The molecule has 1 aromatic carbocycles. The van der Waals surface area contributed by atoms with E-state index in [9.17, 15) is 0 Å². The number of benzene rings is 1. The van der Waals surface area contributed by atoms with Gasteiger partial charge in [0.15, 0.2) is 0 Å². The highest BCUT2D eigenvalue weighted by molar-refractivity contribution is 14.1. The lowest BCUT2D eigenvalue weighted by molar-refractivity contribution is 1.20. The quantitative estimate of drug-likeness (QED) is 0.357. The van der Waals surface area contributed by atoms with Gasteiger partial charge in [-0.3, -0.25) is 0 Å². The lowest BCUT2D eigenvalue weighted by atomic mass is 9.95. The maximum atomic E-state index is 3.48. The smallest absolute Gasteiger partial charge is 0.127 e. The summed E-state index contributed by atoms with van der Waals surface area (Å²) in [4.78, 5) is 0. The molecule has 1 aromatic rings. The van der Waals surface area contributed by atoms with Crippen LogP contribution in [-0.4, -0.2) is 8.07 Å². The molecule has 0 aliphatic carbocycles. The molecule has 0 unspecified atom stereocenters. The summed E-state index contributed by atoms with van der Waals surface area (Å²) in [7, 11) is -1.30. The van der Waals surface area contributed by atoms with Gasteiger partial charge >= 0.3 is 0 Å². The molecule has 0 atom stereocenters. The van der Waals surface area contributed by atoms with E-state index in [0.29, 0.717) is 0 Å². The predicted molar refractivity (Wildman–Crippen MR) is 88.3 cm³/mol. The lowest BCUT2D eigenvalue weighted by Crippen LogP contribution is -2.16. The molecule has 0 aliphatic heterocycles. The Kier molecular flexibility index (Phi) is 4.48. The number of rotatable bonds is 0. The van der Waals surface area contributed by atoms with Crippen LogP contribution in [0.25, 0.3) is 0 Å². The number of hydrogen-bond acceptors (Lipinski definition) is 0.